The standard InChI is InChI=1S/C37H46N4O5/c1-25(2)35(46-37(45)40-33-16-9-14-31(24-33)27(4)43)34-22-29(21-28-11-6-5-7-12-28)17-20-41(34)19-10-18-38-36(44)39-32-15-8-13-30(23-32)26(3)42/h5-9,11-16,23-25,29,34-35H,10,17-22H2,1-4H3,(H,40,45)(H2,38,39,44). The number of nitrogens with one attached hydrogen (secondary N) is 3. The number of hydrogen-bond donors (Lipinski definition) is 3. The normalized spacial score (nSPS) is 17.2. The van der Waals surface area contributed by atoms with Crippen molar-refractivity contribution in [3.05, 3.63) is 95.6 Å². The number of anilines is 2. The van der Waals surface area contributed by atoms with Crippen molar-refractivity contribution in [2.45, 2.75) is 65.5 Å². The molecule has 0 aromatic heterocycles. The molecule has 1 fully saturated rings. The molecule has 244 valence electrons. The zero-order valence-electron chi connectivity index (χ0n) is 27.3. The minimum atomic E-state index is -0.545. The van der Waals surface area contributed by atoms with Crippen molar-refractivity contribution >= 4 is 35.1 Å². The summed E-state index contributed by atoms with van der Waals surface area (Å²) in [7, 11) is 0. The summed E-state index contributed by atoms with van der Waals surface area (Å²) in [5.41, 5.74) is 3.44. The number of urea groups is 1. The van der Waals surface area contributed by atoms with E-state index in [2.05, 4.69) is 59.0 Å². The summed E-state index contributed by atoms with van der Waals surface area (Å²) < 4.78 is 6.14. The van der Waals surface area contributed by atoms with Gasteiger partial charge in [0.15, 0.2) is 11.6 Å². The minimum absolute atomic E-state index is 0.0000803. The SMILES string of the molecule is CC(=O)c1cccc(NC(=O)NCCCN2CCC(Cc3ccccc3)CC2C(OC(=O)Nc2cccc(C(C)=O)c2)C(C)C)c1. The number of hydrogen-bond acceptors (Lipinski definition) is 6. The predicted molar refractivity (Wildman–Crippen MR) is 181 cm³/mol. The highest BCUT2D eigenvalue weighted by molar-refractivity contribution is 5.97. The molecule has 1 heterocycles. The molecular formula is C37H46N4O5. The third-order valence-electron chi connectivity index (χ3n) is 8.47. The molecule has 3 N–H and O–H groups in total. The highest BCUT2D eigenvalue weighted by Gasteiger charge is 2.37. The van der Waals surface area contributed by atoms with Gasteiger partial charge in [0.05, 0.1) is 0 Å². The van der Waals surface area contributed by atoms with Crippen LogP contribution in [0.4, 0.5) is 21.0 Å². The molecule has 9 heteroatoms. The molecule has 0 aliphatic carbocycles. The Morgan fingerprint density at radius 3 is 2.09 bits per heavy atom. The highest BCUT2D eigenvalue weighted by Crippen LogP contribution is 2.32. The largest absolute Gasteiger partial charge is 0.444 e. The van der Waals surface area contributed by atoms with Gasteiger partial charge < -0.3 is 15.4 Å². The van der Waals surface area contributed by atoms with Gasteiger partial charge in [-0.2, -0.15) is 0 Å². The van der Waals surface area contributed by atoms with E-state index in [9.17, 15) is 19.2 Å². The number of nitrogens with zero attached hydrogens (tertiary/aromatic N) is 1. The lowest BCUT2D eigenvalue weighted by Gasteiger charge is -2.44. The Morgan fingerprint density at radius 2 is 1.48 bits per heavy atom. The molecule has 0 radical (unpaired) electrons. The molecule has 3 unspecified atom stereocenters. The van der Waals surface area contributed by atoms with Gasteiger partial charge in [-0.15, -0.1) is 0 Å². The van der Waals surface area contributed by atoms with Crippen LogP contribution in [0.3, 0.4) is 0 Å². The minimum Gasteiger partial charge on any atom is -0.444 e. The summed E-state index contributed by atoms with van der Waals surface area (Å²) >= 11 is 0. The van der Waals surface area contributed by atoms with Crippen LogP contribution in [-0.2, 0) is 11.2 Å². The third kappa shape index (κ3) is 10.3. The first-order valence-electron chi connectivity index (χ1n) is 16.1. The van der Waals surface area contributed by atoms with Crippen LogP contribution < -0.4 is 16.0 Å². The number of amides is 3. The average Bonchev–Trinajstić information content (AvgIpc) is 3.03. The summed E-state index contributed by atoms with van der Waals surface area (Å²) in [5.74, 6) is 0.369. The monoisotopic (exact) mass is 626 g/mol. The molecule has 0 spiro atoms. The molecule has 1 saturated heterocycles. The number of carbonyl (C=O) groups excluding carboxylic acids is 4. The second-order valence-corrected chi connectivity index (χ2v) is 12.4. The van der Waals surface area contributed by atoms with Crippen molar-refractivity contribution in [1.29, 1.82) is 0 Å². The Hall–Kier alpha value is -4.50. The molecular weight excluding hydrogens is 580 g/mol. The van der Waals surface area contributed by atoms with Gasteiger partial charge in [0.2, 0.25) is 0 Å². The number of ketones is 2. The van der Waals surface area contributed by atoms with Crippen molar-refractivity contribution in [3.8, 4) is 0 Å². The van der Waals surface area contributed by atoms with E-state index in [4.69, 9.17) is 4.74 Å². The van der Waals surface area contributed by atoms with Gasteiger partial charge in [0.1, 0.15) is 6.10 Å². The lowest BCUT2D eigenvalue weighted by Crippen LogP contribution is -2.53. The smallest absolute Gasteiger partial charge is 0.411 e. The zero-order valence-corrected chi connectivity index (χ0v) is 27.3. The first-order valence-corrected chi connectivity index (χ1v) is 16.1. The topological polar surface area (TPSA) is 117 Å². The molecule has 3 amide bonds. The number of rotatable bonds is 13. The molecule has 1 aliphatic heterocycles. The van der Waals surface area contributed by atoms with Gasteiger partial charge in [-0.25, -0.2) is 9.59 Å². The summed E-state index contributed by atoms with van der Waals surface area (Å²) in [4.78, 5) is 51.6. The second kappa shape index (κ2) is 16.7. The molecule has 9 nitrogen and oxygen atoms in total. The first kappa shape index (κ1) is 34.4. The van der Waals surface area contributed by atoms with Crippen molar-refractivity contribution in [2.75, 3.05) is 30.3 Å². The first-order chi connectivity index (χ1) is 22.1. The van der Waals surface area contributed by atoms with Crippen LogP contribution in [-0.4, -0.2) is 60.4 Å². The van der Waals surface area contributed by atoms with Crippen molar-refractivity contribution in [2.24, 2.45) is 11.8 Å². The molecule has 0 bridgehead atoms. The van der Waals surface area contributed by atoms with E-state index in [-0.39, 0.29) is 35.7 Å². The quantitative estimate of drug-likeness (QED) is 0.136. The van der Waals surface area contributed by atoms with E-state index in [0.717, 1.165) is 38.8 Å². The Bertz CT molecular complexity index is 1490. The van der Waals surface area contributed by atoms with Crippen LogP contribution in [0.5, 0.6) is 0 Å². The van der Waals surface area contributed by atoms with Gasteiger partial charge in [0, 0.05) is 41.6 Å². The number of Topliss-reactive ketones (excluding diaryl/α,β-unsaturated/α-hetero) is 2. The lowest BCUT2D eigenvalue weighted by atomic mass is 9.81. The van der Waals surface area contributed by atoms with Crippen LogP contribution in [0.1, 0.15) is 73.2 Å². The van der Waals surface area contributed by atoms with E-state index in [1.165, 1.54) is 19.4 Å². The van der Waals surface area contributed by atoms with Gasteiger partial charge in [0.25, 0.3) is 0 Å². The van der Waals surface area contributed by atoms with Crippen molar-refractivity contribution < 1.29 is 23.9 Å². The van der Waals surface area contributed by atoms with Gasteiger partial charge in [-0.3, -0.25) is 19.8 Å². The molecule has 1 aliphatic rings. The average molecular weight is 627 g/mol. The van der Waals surface area contributed by atoms with Crippen molar-refractivity contribution in [1.82, 2.24) is 10.2 Å². The molecule has 3 atom stereocenters. The molecule has 4 rings (SSSR count). The second-order valence-electron chi connectivity index (χ2n) is 12.4. The Balaban J connectivity index is 1.39. The number of benzene rings is 3. The number of carbonyl (C=O) groups is 4. The fourth-order valence-electron chi connectivity index (χ4n) is 6.10. The van der Waals surface area contributed by atoms with Gasteiger partial charge in [-0.1, -0.05) is 68.4 Å². The molecule has 0 saturated carbocycles. The Labute approximate surface area is 272 Å². The zero-order chi connectivity index (χ0) is 33.1. The van der Waals surface area contributed by atoms with Crippen LogP contribution in [0.2, 0.25) is 0 Å². The van der Waals surface area contributed by atoms with Crippen LogP contribution in [0.25, 0.3) is 0 Å². The lowest BCUT2D eigenvalue weighted by molar-refractivity contribution is -0.0208. The predicted octanol–water partition coefficient (Wildman–Crippen LogP) is 7.20. The number of piperidine rings is 1. The number of likely N-dealkylation sites (tertiary alicyclic amines) is 1. The fourth-order valence-corrected chi connectivity index (χ4v) is 6.10. The third-order valence-corrected chi connectivity index (χ3v) is 8.47. The van der Waals surface area contributed by atoms with E-state index >= 15 is 0 Å². The summed E-state index contributed by atoms with van der Waals surface area (Å²) in [6.45, 7) is 9.19. The van der Waals surface area contributed by atoms with Gasteiger partial charge in [-0.05, 0) is 87.7 Å². The summed E-state index contributed by atoms with van der Waals surface area (Å²) in [6, 6.07) is 23.9. The Kier molecular flexibility index (Phi) is 12.5. The van der Waals surface area contributed by atoms with Crippen molar-refractivity contribution in [3.63, 3.8) is 0 Å². The van der Waals surface area contributed by atoms with Gasteiger partial charge >= 0.3 is 12.1 Å². The van der Waals surface area contributed by atoms with E-state index in [1.807, 2.05) is 6.07 Å². The van der Waals surface area contributed by atoms with Crippen LogP contribution >= 0.6 is 0 Å². The summed E-state index contributed by atoms with van der Waals surface area (Å²) in [6.07, 6.45) is 2.68. The van der Waals surface area contributed by atoms with E-state index in [0.29, 0.717) is 35.0 Å². The molecule has 46 heavy (non-hydrogen) atoms. The summed E-state index contributed by atoms with van der Waals surface area (Å²) in [5, 5.41) is 8.53. The van der Waals surface area contributed by atoms with Crippen LogP contribution in [0.15, 0.2) is 78.9 Å². The number of ether oxygens (including phenoxy) is 1. The van der Waals surface area contributed by atoms with E-state index in [1.54, 1.807) is 48.5 Å². The molecule has 3 aromatic carbocycles. The van der Waals surface area contributed by atoms with Crippen LogP contribution in [0, 0.1) is 11.8 Å². The Morgan fingerprint density at radius 1 is 0.848 bits per heavy atom. The maximum Gasteiger partial charge on any atom is 0.411 e. The highest BCUT2D eigenvalue weighted by atomic mass is 16.6. The maximum absolute atomic E-state index is 13.2. The fraction of sp³-hybridized carbons (Fsp3) is 0.405. The molecule has 3 aromatic rings. The van der Waals surface area contributed by atoms with E-state index < -0.39 is 6.09 Å². The maximum atomic E-state index is 13.2.